The van der Waals surface area contributed by atoms with Crippen molar-refractivity contribution in [3.05, 3.63) is 47.8 Å². The summed E-state index contributed by atoms with van der Waals surface area (Å²) < 4.78 is 26.1. The summed E-state index contributed by atoms with van der Waals surface area (Å²) in [6, 6.07) is 8.57. The predicted octanol–water partition coefficient (Wildman–Crippen LogP) is 0.00490. The normalized spacial score (nSPS) is 12.8. The summed E-state index contributed by atoms with van der Waals surface area (Å²) in [5, 5.41) is 7.90. The highest BCUT2D eigenvalue weighted by atomic mass is 32.2. The van der Waals surface area contributed by atoms with E-state index in [1.807, 2.05) is 30.3 Å². The molecule has 9 heteroatoms. The molecular weight excluding hydrogens is 318 g/mol. The van der Waals surface area contributed by atoms with E-state index in [4.69, 9.17) is 0 Å². The minimum absolute atomic E-state index is 0.0243. The first-order valence-corrected chi connectivity index (χ1v) is 8.78. The molecule has 2 aromatic rings. The van der Waals surface area contributed by atoms with Crippen LogP contribution in [-0.2, 0) is 21.4 Å². The van der Waals surface area contributed by atoms with Gasteiger partial charge in [0.15, 0.2) is 6.04 Å². The Kier molecular flexibility index (Phi) is 5.12. The first kappa shape index (κ1) is 17.1. The molecule has 1 aromatic carbocycles. The van der Waals surface area contributed by atoms with Gasteiger partial charge in [-0.25, -0.2) is 17.8 Å². The van der Waals surface area contributed by atoms with Crippen LogP contribution in [0.15, 0.2) is 36.5 Å². The van der Waals surface area contributed by atoms with E-state index in [-0.39, 0.29) is 12.5 Å². The molecule has 0 aliphatic rings. The van der Waals surface area contributed by atoms with Crippen LogP contribution in [0.25, 0.3) is 0 Å². The van der Waals surface area contributed by atoms with Crippen molar-refractivity contribution in [1.29, 1.82) is 0 Å². The van der Waals surface area contributed by atoms with Gasteiger partial charge < -0.3 is 4.90 Å². The van der Waals surface area contributed by atoms with Gasteiger partial charge in [0.25, 0.3) is 5.91 Å². The Bertz CT molecular complexity index is 771. The molecule has 0 spiro atoms. The van der Waals surface area contributed by atoms with Crippen LogP contribution in [0.1, 0.15) is 17.3 Å². The molecule has 2 rings (SSSR count). The summed E-state index contributed by atoms with van der Waals surface area (Å²) >= 11 is 0. The minimum atomic E-state index is -3.32. The molecule has 1 unspecified atom stereocenters. The average molecular weight is 337 g/mol. The Morgan fingerprint density at radius 2 is 1.96 bits per heavy atom. The number of nitrogens with one attached hydrogen (secondary N) is 1. The summed E-state index contributed by atoms with van der Waals surface area (Å²) in [5.41, 5.74) is 1.21. The third-order valence-corrected chi connectivity index (χ3v) is 3.80. The monoisotopic (exact) mass is 337 g/mol. The molecule has 1 N–H and O–H groups in total. The molecule has 0 aliphatic heterocycles. The highest BCUT2D eigenvalue weighted by Gasteiger charge is 2.25. The van der Waals surface area contributed by atoms with E-state index >= 15 is 0 Å². The van der Waals surface area contributed by atoms with Crippen LogP contribution in [0.2, 0.25) is 0 Å². The van der Waals surface area contributed by atoms with Gasteiger partial charge in [-0.3, -0.25) is 4.79 Å². The molecule has 1 aromatic heterocycles. The lowest BCUT2D eigenvalue weighted by Crippen LogP contribution is -2.32. The van der Waals surface area contributed by atoms with Gasteiger partial charge in [0.2, 0.25) is 10.0 Å². The van der Waals surface area contributed by atoms with Crippen molar-refractivity contribution in [2.24, 2.45) is 0 Å². The van der Waals surface area contributed by atoms with Crippen LogP contribution < -0.4 is 4.72 Å². The number of amides is 1. The second-order valence-electron chi connectivity index (χ2n) is 5.33. The zero-order chi connectivity index (χ0) is 17.0. The maximum Gasteiger partial charge on any atom is 0.251 e. The summed E-state index contributed by atoms with van der Waals surface area (Å²) in [6.45, 7) is 0.0243. The number of rotatable bonds is 6. The molecule has 1 amide bonds. The summed E-state index contributed by atoms with van der Waals surface area (Å²) in [5.74, 6) is -0.149. The van der Waals surface area contributed by atoms with Crippen molar-refractivity contribution in [3.8, 4) is 0 Å². The summed E-state index contributed by atoms with van der Waals surface area (Å²) in [7, 11) is 0.0185. The van der Waals surface area contributed by atoms with E-state index in [2.05, 4.69) is 15.0 Å². The molecule has 8 nitrogen and oxygen atoms in total. The van der Waals surface area contributed by atoms with E-state index in [1.54, 1.807) is 20.3 Å². The predicted molar refractivity (Wildman–Crippen MR) is 85.0 cm³/mol. The van der Waals surface area contributed by atoms with Gasteiger partial charge in [-0.1, -0.05) is 35.5 Å². The fraction of sp³-hybridized carbons (Fsp3) is 0.357. The topological polar surface area (TPSA) is 97.2 Å². The number of benzene rings is 1. The highest BCUT2D eigenvalue weighted by molar-refractivity contribution is 7.88. The van der Waals surface area contributed by atoms with Crippen LogP contribution in [0, 0.1) is 0 Å². The Balaban J connectivity index is 2.30. The number of aromatic nitrogens is 3. The second-order valence-corrected chi connectivity index (χ2v) is 7.16. The van der Waals surface area contributed by atoms with Crippen molar-refractivity contribution in [2.75, 3.05) is 20.4 Å². The molecule has 23 heavy (non-hydrogen) atoms. The van der Waals surface area contributed by atoms with Gasteiger partial charge >= 0.3 is 0 Å². The summed E-state index contributed by atoms with van der Waals surface area (Å²) in [6.07, 6.45) is 2.64. The zero-order valence-electron chi connectivity index (χ0n) is 13.2. The minimum Gasteiger partial charge on any atom is -0.347 e. The van der Waals surface area contributed by atoms with E-state index in [0.29, 0.717) is 5.69 Å². The van der Waals surface area contributed by atoms with Gasteiger partial charge in [0, 0.05) is 14.1 Å². The van der Waals surface area contributed by atoms with Crippen molar-refractivity contribution >= 4 is 15.9 Å². The van der Waals surface area contributed by atoms with Crippen molar-refractivity contribution in [1.82, 2.24) is 24.6 Å². The molecule has 0 saturated heterocycles. The van der Waals surface area contributed by atoms with Gasteiger partial charge in [-0.15, -0.1) is 5.10 Å². The maximum absolute atomic E-state index is 12.5. The Morgan fingerprint density at radius 3 is 2.52 bits per heavy atom. The van der Waals surface area contributed by atoms with Crippen LogP contribution in [-0.4, -0.2) is 54.6 Å². The van der Waals surface area contributed by atoms with Crippen molar-refractivity contribution in [3.63, 3.8) is 0 Å². The molecular formula is C14H19N5O3S. The van der Waals surface area contributed by atoms with E-state index in [9.17, 15) is 13.2 Å². The Hall–Kier alpha value is -2.26. The van der Waals surface area contributed by atoms with Gasteiger partial charge in [0.05, 0.1) is 24.7 Å². The number of hydrogen-bond acceptors (Lipinski definition) is 5. The number of sulfonamides is 1. The maximum atomic E-state index is 12.5. The molecule has 1 heterocycles. The molecule has 124 valence electrons. The SMILES string of the molecule is CN(C)C(=O)C(c1ccccc1)n1cc(CNS(C)(=O)=O)nn1. The fourth-order valence-corrected chi connectivity index (χ4v) is 2.42. The lowest BCUT2D eigenvalue weighted by atomic mass is 10.1. The summed E-state index contributed by atoms with van der Waals surface area (Å²) in [4.78, 5) is 14.0. The fourth-order valence-electron chi connectivity index (χ4n) is 2.01. The molecule has 0 bridgehead atoms. The van der Waals surface area contributed by atoms with Crippen molar-refractivity contribution < 1.29 is 13.2 Å². The van der Waals surface area contributed by atoms with Gasteiger partial charge in [-0.2, -0.15) is 0 Å². The van der Waals surface area contributed by atoms with Gasteiger partial charge in [0.1, 0.15) is 0 Å². The number of carbonyl (C=O) groups is 1. The zero-order valence-corrected chi connectivity index (χ0v) is 14.0. The first-order valence-electron chi connectivity index (χ1n) is 6.89. The highest BCUT2D eigenvalue weighted by Crippen LogP contribution is 2.19. The largest absolute Gasteiger partial charge is 0.347 e. The standard InChI is InChI=1S/C14H19N5O3S/c1-18(2)14(20)13(11-7-5-4-6-8-11)19-10-12(16-17-19)9-15-23(3,21)22/h4-8,10,13,15H,9H2,1-3H3. The van der Waals surface area contributed by atoms with Crippen LogP contribution in [0.5, 0.6) is 0 Å². The van der Waals surface area contributed by atoms with Gasteiger partial charge in [-0.05, 0) is 5.56 Å². The molecule has 0 aliphatic carbocycles. The Morgan fingerprint density at radius 1 is 1.30 bits per heavy atom. The van der Waals surface area contributed by atoms with Crippen LogP contribution in [0.4, 0.5) is 0 Å². The molecule has 1 atom stereocenters. The third-order valence-electron chi connectivity index (χ3n) is 3.13. The lowest BCUT2D eigenvalue weighted by molar-refractivity contribution is -0.131. The van der Waals surface area contributed by atoms with E-state index in [1.165, 1.54) is 9.58 Å². The quantitative estimate of drug-likeness (QED) is 0.800. The molecule has 0 saturated carbocycles. The van der Waals surface area contributed by atoms with E-state index in [0.717, 1.165) is 11.8 Å². The first-order chi connectivity index (χ1) is 10.8. The molecule has 0 radical (unpaired) electrons. The number of hydrogen-bond donors (Lipinski definition) is 1. The number of carbonyl (C=O) groups excluding carboxylic acids is 1. The van der Waals surface area contributed by atoms with Crippen LogP contribution in [0.3, 0.4) is 0 Å². The van der Waals surface area contributed by atoms with E-state index < -0.39 is 16.1 Å². The molecule has 0 fully saturated rings. The van der Waals surface area contributed by atoms with Crippen LogP contribution >= 0.6 is 0 Å². The second kappa shape index (κ2) is 6.88. The number of likely N-dealkylation sites (N-methyl/N-ethyl adjacent to an activating group) is 1. The Labute approximate surface area is 135 Å². The number of nitrogens with zero attached hydrogens (tertiary/aromatic N) is 4. The lowest BCUT2D eigenvalue weighted by Gasteiger charge is -2.20. The van der Waals surface area contributed by atoms with Crippen molar-refractivity contribution in [2.45, 2.75) is 12.6 Å². The smallest absolute Gasteiger partial charge is 0.251 e. The average Bonchev–Trinajstić information content (AvgIpc) is 2.94. The third kappa shape index (κ3) is 4.60.